The Hall–Kier alpha value is -3.29. The molecule has 0 atom stereocenters. The second kappa shape index (κ2) is 7.30. The van der Waals surface area contributed by atoms with Gasteiger partial charge in [0.1, 0.15) is 17.3 Å². The molecule has 2 N–H and O–H groups in total. The number of aromatic nitrogens is 2. The zero-order valence-electron chi connectivity index (χ0n) is 14.1. The van der Waals surface area contributed by atoms with Crippen LogP contribution in [0.1, 0.15) is 22.6 Å². The van der Waals surface area contributed by atoms with Crippen molar-refractivity contribution in [2.75, 3.05) is 10.6 Å². The molecule has 0 saturated carbocycles. The Morgan fingerprint density at radius 2 is 1.81 bits per heavy atom. The first-order valence-corrected chi connectivity index (χ1v) is 7.83. The number of urea groups is 1. The Bertz CT molecular complexity index is 936. The predicted octanol–water partition coefficient (Wildman–Crippen LogP) is 4.20. The minimum Gasteiger partial charge on any atom is -0.407 e. The van der Waals surface area contributed by atoms with E-state index in [9.17, 15) is 13.6 Å². The van der Waals surface area contributed by atoms with Gasteiger partial charge in [0.2, 0.25) is 5.89 Å². The van der Waals surface area contributed by atoms with Crippen molar-refractivity contribution in [2.24, 2.45) is 0 Å². The van der Waals surface area contributed by atoms with Gasteiger partial charge in [-0.25, -0.2) is 13.6 Å². The minimum absolute atomic E-state index is 0.168. The van der Waals surface area contributed by atoms with Gasteiger partial charge < -0.3 is 9.73 Å². The second-order valence-electron chi connectivity index (χ2n) is 5.78. The van der Waals surface area contributed by atoms with Crippen LogP contribution >= 0.6 is 0 Å². The molecule has 0 aliphatic heterocycles. The average molecular weight is 358 g/mol. The summed E-state index contributed by atoms with van der Waals surface area (Å²) in [6, 6.07) is 8.20. The van der Waals surface area contributed by atoms with E-state index in [2.05, 4.69) is 20.8 Å². The number of halogens is 2. The van der Waals surface area contributed by atoms with E-state index in [4.69, 9.17) is 4.42 Å². The fourth-order valence-corrected chi connectivity index (χ4v) is 2.44. The lowest BCUT2D eigenvalue weighted by Gasteiger charge is -2.06. The Morgan fingerprint density at radius 1 is 1.08 bits per heavy atom. The highest BCUT2D eigenvalue weighted by molar-refractivity contribution is 5.98. The number of carbonyl (C=O) groups excluding carboxylic acids is 1. The molecular formula is C18H16F2N4O2. The summed E-state index contributed by atoms with van der Waals surface area (Å²) < 4.78 is 32.4. The van der Waals surface area contributed by atoms with E-state index >= 15 is 0 Å². The van der Waals surface area contributed by atoms with Gasteiger partial charge >= 0.3 is 12.0 Å². The molecular weight excluding hydrogens is 342 g/mol. The van der Waals surface area contributed by atoms with Crippen LogP contribution in [-0.4, -0.2) is 16.2 Å². The maximum atomic E-state index is 13.5. The van der Waals surface area contributed by atoms with Gasteiger partial charge in [-0.1, -0.05) is 34.9 Å². The minimum atomic E-state index is -0.893. The van der Waals surface area contributed by atoms with Gasteiger partial charge in [0, 0.05) is 0 Å². The predicted molar refractivity (Wildman–Crippen MR) is 92.0 cm³/mol. The summed E-state index contributed by atoms with van der Waals surface area (Å²) in [5.41, 5.74) is 2.70. The number of anilines is 2. The lowest BCUT2D eigenvalue weighted by molar-refractivity contribution is 0.261. The molecule has 2 aromatic carbocycles. The zero-order valence-corrected chi connectivity index (χ0v) is 14.1. The van der Waals surface area contributed by atoms with Crippen molar-refractivity contribution in [1.82, 2.24) is 10.2 Å². The van der Waals surface area contributed by atoms with Crippen molar-refractivity contribution in [3.8, 4) is 0 Å². The van der Waals surface area contributed by atoms with E-state index in [-0.39, 0.29) is 6.01 Å². The van der Waals surface area contributed by atoms with E-state index in [1.807, 2.05) is 32.0 Å². The van der Waals surface area contributed by atoms with Crippen LogP contribution < -0.4 is 10.6 Å². The molecule has 0 bridgehead atoms. The Morgan fingerprint density at radius 3 is 2.50 bits per heavy atom. The highest BCUT2D eigenvalue weighted by Gasteiger charge is 2.15. The van der Waals surface area contributed by atoms with Gasteiger partial charge in [-0.05, 0) is 37.1 Å². The molecule has 134 valence electrons. The van der Waals surface area contributed by atoms with Crippen LogP contribution in [0.3, 0.4) is 0 Å². The highest BCUT2D eigenvalue weighted by Crippen LogP contribution is 2.19. The van der Waals surface area contributed by atoms with E-state index < -0.39 is 23.4 Å². The number of benzene rings is 2. The fraction of sp³-hybridized carbons (Fsp3) is 0.167. The summed E-state index contributed by atoms with van der Waals surface area (Å²) in [6.45, 7) is 3.98. The van der Waals surface area contributed by atoms with E-state index in [1.165, 1.54) is 6.07 Å². The molecule has 2 amide bonds. The Kier molecular flexibility index (Phi) is 4.92. The summed E-state index contributed by atoms with van der Waals surface area (Å²) in [7, 11) is 0. The summed E-state index contributed by atoms with van der Waals surface area (Å²) in [6.07, 6.45) is 0.407. The number of nitrogens with zero attached hydrogens (tertiary/aromatic N) is 2. The number of rotatable bonds is 4. The number of para-hydroxylation sites is 1. The SMILES string of the molecule is Cc1ccc(Cc2nnc(NC(=O)Nc3c(F)cccc3F)o2)c(C)c1. The monoisotopic (exact) mass is 358 g/mol. The molecule has 1 aromatic heterocycles. The molecule has 0 aliphatic rings. The van der Waals surface area contributed by atoms with Crippen molar-refractivity contribution in [2.45, 2.75) is 20.3 Å². The van der Waals surface area contributed by atoms with E-state index in [1.54, 1.807) is 0 Å². The normalized spacial score (nSPS) is 10.6. The lowest BCUT2D eigenvalue weighted by Crippen LogP contribution is -2.21. The topological polar surface area (TPSA) is 80.0 Å². The van der Waals surface area contributed by atoms with E-state index in [0.29, 0.717) is 12.3 Å². The zero-order chi connectivity index (χ0) is 18.7. The molecule has 1 heterocycles. The maximum Gasteiger partial charge on any atom is 0.327 e. The third-order valence-corrected chi connectivity index (χ3v) is 3.73. The number of carbonyl (C=O) groups is 1. The van der Waals surface area contributed by atoms with Gasteiger partial charge in [-0.2, -0.15) is 0 Å². The first-order valence-electron chi connectivity index (χ1n) is 7.83. The highest BCUT2D eigenvalue weighted by atomic mass is 19.1. The van der Waals surface area contributed by atoms with Crippen LogP contribution in [0, 0.1) is 25.5 Å². The first kappa shape index (κ1) is 17.5. The Balaban J connectivity index is 1.65. The van der Waals surface area contributed by atoms with Gasteiger partial charge in [-0.15, -0.1) is 5.10 Å². The number of hydrogen-bond acceptors (Lipinski definition) is 4. The molecule has 8 heteroatoms. The van der Waals surface area contributed by atoms with E-state index in [0.717, 1.165) is 28.8 Å². The molecule has 26 heavy (non-hydrogen) atoms. The molecule has 0 aliphatic carbocycles. The third-order valence-electron chi connectivity index (χ3n) is 3.73. The molecule has 6 nitrogen and oxygen atoms in total. The molecule has 0 saturated heterocycles. The van der Waals surface area contributed by atoms with Crippen LogP contribution in [-0.2, 0) is 6.42 Å². The van der Waals surface area contributed by atoms with Crippen LogP contribution in [0.2, 0.25) is 0 Å². The Labute approximate surface area is 148 Å². The average Bonchev–Trinajstić information content (AvgIpc) is 3.01. The summed E-state index contributed by atoms with van der Waals surface area (Å²) >= 11 is 0. The third kappa shape index (κ3) is 4.02. The van der Waals surface area contributed by atoms with Crippen molar-refractivity contribution < 1.29 is 18.0 Å². The number of hydrogen-bond donors (Lipinski definition) is 2. The van der Waals surface area contributed by atoms with Crippen LogP contribution in [0.15, 0.2) is 40.8 Å². The molecule has 0 radical (unpaired) electrons. The number of nitrogens with one attached hydrogen (secondary N) is 2. The van der Waals surface area contributed by atoms with Gasteiger partial charge in [0.15, 0.2) is 0 Å². The summed E-state index contributed by atoms with van der Waals surface area (Å²) in [4.78, 5) is 11.9. The van der Waals surface area contributed by atoms with Gasteiger partial charge in [0.05, 0.1) is 6.42 Å². The van der Waals surface area contributed by atoms with Crippen molar-refractivity contribution in [1.29, 1.82) is 0 Å². The van der Waals surface area contributed by atoms with Crippen LogP contribution in [0.5, 0.6) is 0 Å². The molecule has 0 spiro atoms. The standard InChI is InChI=1S/C18H16F2N4O2/c1-10-6-7-12(11(2)8-10)9-15-23-24-18(26-15)22-17(25)21-16-13(19)4-3-5-14(16)20/h3-8H,9H2,1-2H3,(H2,21,22,24,25). The van der Waals surface area contributed by atoms with Crippen molar-refractivity contribution in [3.05, 3.63) is 70.6 Å². The number of amides is 2. The van der Waals surface area contributed by atoms with Crippen molar-refractivity contribution >= 4 is 17.7 Å². The maximum absolute atomic E-state index is 13.5. The largest absolute Gasteiger partial charge is 0.407 e. The molecule has 0 unspecified atom stereocenters. The van der Waals surface area contributed by atoms with Crippen LogP contribution in [0.25, 0.3) is 0 Å². The fourth-order valence-electron chi connectivity index (χ4n) is 2.44. The molecule has 3 rings (SSSR count). The summed E-state index contributed by atoms with van der Waals surface area (Å²) in [5.74, 6) is -1.47. The molecule has 0 fully saturated rings. The van der Waals surface area contributed by atoms with Gasteiger partial charge in [0.25, 0.3) is 0 Å². The quantitative estimate of drug-likeness (QED) is 0.732. The lowest BCUT2D eigenvalue weighted by atomic mass is 10.0. The number of aryl methyl sites for hydroxylation is 2. The van der Waals surface area contributed by atoms with Crippen LogP contribution in [0.4, 0.5) is 25.3 Å². The first-order chi connectivity index (χ1) is 12.4. The smallest absolute Gasteiger partial charge is 0.327 e. The molecule has 3 aromatic rings. The summed E-state index contributed by atoms with van der Waals surface area (Å²) in [5, 5.41) is 11.9. The second-order valence-corrected chi connectivity index (χ2v) is 5.78. The van der Waals surface area contributed by atoms with Crippen molar-refractivity contribution in [3.63, 3.8) is 0 Å². The van der Waals surface area contributed by atoms with Gasteiger partial charge in [-0.3, -0.25) is 5.32 Å².